The predicted molar refractivity (Wildman–Crippen MR) is 60.0 cm³/mol. The van der Waals surface area contributed by atoms with Gasteiger partial charge in [-0.05, 0) is 6.07 Å². The molecule has 2 aromatic rings. The molecule has 1 atom stereocenters. The Morgan fingerprint density at radius 1 is 1.47 bits per heavy atom. The fourth-order valence-electron chi connectivity index (χ4n) is 1.55. The molecule has 0 aliphatic rings. The summed E-state index contributed by atoms with van der Waals surface area (Å²) in [6.45, 7) is 0. The van der Waals surface area contributed by atoms with Gasteiger partial charge in [-0.2, -0.15) is 0 Å². The number of nitrogens with zero attached hydrogens (tertiary/aromatic N) is 3. The van der Waals surface area contributed by atoms with Gasteiger partial charge in [0, 0.05) is 18.7 Å². The minimum absolute atomic E-state index is 0.367. The molecular weight excluding hydrogens is 223 g/mol. The molecule has 5 nitrogen and oxygen atoms in total. The highest BCUT2D eigenvalue weighted by molar-refractivity contribution is 5.33. The fraction of sp³-hybridized carbons (Fsp3) is 0.273. The van der Waals surface area contributed by atoms with Crippen LogP contribution in [0.5, 0.6) is 5.75 Å². The molecule has 0 bridgehead atoms. The number of ether oxygens (including phenoxy) is 1. The summed E-state index contributed by atoms with van der Waals surface area (Å²) < 4.78 is 20.2. The van der Waals surface area contributed by atoms with Crippen molar-refractivity contribution in [3.8, 4) is 5.75 Å². The van der Waals surface area contributed by atoms with E-state index in [0.717, 1.165) is 0 Å². The molecule has 17 heavy (non-hydrogen) atoms. The zero-order valence-electron chi connectivity index (χ0n) is 9.59. The van der Waals surface area contributed by atoms with Crippen molar-refractivity contribution in [2.75, 3.05) is 7.11 Å². The number of methoxy groups -OCH3 is 1. The van der Waals surface area contributed by atoms with E-state index in [9.17, 15) is 4.39 Å². The molecule has 0 saturated carbocycles. The van der Waals surface area contributed by atoms with Gasteiger partial charge in [-0.3, -0.25) is 4.68 Å². The Hall–Kier alpha value is -1.95. The molecule has 2 rings (SSSR count). The van der Waals surface area contributed by atoms with Gasteiger partial charge in [0.25, 0.3) is 0 Å². The van der Waals surface area contributed by atoms with Crippen LogP contribution in [0.2, 0.25) is 0 Å². The lowest BCUT2D eigenvalue weighted by Crippen LogP contribution is -2.14. The Bertz CT molecular complexity index is 526. The topological polar surface area (TPSA) is 66.0 Å². The van der Waals surface area contributed by atoms with Gasteiger partial charge in [0.1, 0.15) is 17.3 Å². The van der Waals surface area contributed by atoms with Gasteiger partial charge >= 0.3 is 0 Å². The number of halogens is 1. The van der Waals surface area contributed by atoms with Crippen molar-refractivity contribution >= 4 is 0 Å². The van der Waals surface area contributed by atoms with Crippen LogP contribution in [0, 0.1) is 5.82 Å². The molecule has 0 aliphatic carbocycles. The van der Waals surface area contributed by atoms with Crippen LogP contribution in [0.4, 0.5) is 4.39 Å². The zero-order chi connectivity index (χ0) is 12.4. The second-order valence-electron chi connectivity index (χ2n) is 3.68. The molecule has 2 N–H and O–H groups in total. The van der Waals surface area contributed by atoms with Gasteiger partial charge in [0.05, 0.1) is 19.3 Å². The molecule has 0 fully saturated rings. The maximum absolute atomic E-state index is 13.8. The number of hydrogen-bond acceptors (Lipinski definition) is 4. The van der Waals surface area contributed by atoms with E-state index in [4.69, 9.17) is 10.5 Å². The van der Waals surface area contributed by atoms with E-state index in [1.807, 2.05) is 0 Å². The van der Waals surface area contributed by atoms with Gasteiger partial charge < -0.3 is 10.5 Å². The maximum atomic E-state index is 13.8. The van der Waals surface area contributed by atoms with Crippen LogP contribution in [-0.2, 0) is 7.05 Å². The van der Waals surface area contributed by atoms with Gasteiger partial charge in [-0.25, -0.2) is 4.39 Å². The predicted octanol–water partition coefficient (Wildman–Crippen LogP) is 1.01. The summed E-state index contributed by atoms with van der Waals surface area (Å²) >= 11 is 0. The Morgan fingerprint density at radius 3 is 2.76 bits per heavy atom. The second kappa shape index (κ2) is 4.50. The molecule has 1 unspecified atom stereocenters. The van der Waals surface area contributed by atoms with Gasteiger partial charge in [-0.15, -0.1) is 5.10 Å². The Balaban J connectivity index is 2.34. The van der Waals surface area contributed by atoms with Crippen LogP contribution in [-0.4, -0.2) is 22.1 Å². The standard InChI is InChI=1S/C11H13FN4O/c1-16-6-10(14-15-16)11(13)8-4-3-7(17-2)5-9(8)12/h3-6,11H,13H2,1-2H3. The van der Waals surface area contributed by atoms with E-state index < -0.39 is 11.9 Å². The second-order valence-corrected chi connectivity index (χ2v) is 3.68. The van der Waals surface area contributed by atoms with Crippen molar-refractivity contribution in [2.45, 2.75) is 6.04 Å². The summed E-state index contributed by atoms with van der Waals surface area (Å²) in [6, 6.07) is 3.92. The molecule has 0 aliphatic heterocycles. The lowest BCUT2D eigenvalue weighted by atomic mass is 10.0. The van der Waals surface area contributed by atoms with Crippen LogP contribution in [0.15, 0.2) is 24.4 Å². The SMILES string of the molecule is COc1ccc(C(N)c2cn(C)nn2)c(F)c1. The van der Waals surface area contributed by atoms with E-state index >= 15 is 0 Å². The molecule has 0 amide bonds. The number of hydrogen-bond donors (Lipinski definition) is 1. The fourth-order valence-corrected chi connectivity index (χ4v) is 1.55. The monoisotopic (exact) mass is 236 g/mol. The molecule has 90 valence electrons. The molecule has 1 heterocycles. The lowest BCUT2D eigenvalue weighted by molar-refractivity contribution is 0.410. The summed E-state index contributed by atoms with van der Waals surface area (Å²) in [4.78, 5) is 0. The average molecular weight is 236 g/mol. The third-order valence-electron chi connectivity index (χ3n) is 2.48. The molecule has 0 radical (unpaired) electrons. The van der Waals surface area contributed by atoms with E-state index in [2.05, 4.69) is 10.3 Å². The van der Waals surface area contributed by atoms with Crippen LogP contribution in [0.25, 0.3) is 0 Å². The highest BCUT2D eigenvalue weighted by Gasteiger charge is 2.16. The highest BCUT2D eigenvalue weighted by Crippen LogP contribution is 2.23. The van der Waals surface area contributed by atoms with Crippen LogP contribution >= 0.6 is 0 Å². The Kier molecular flexibility index (Phi) is 3.06. The maximum Gasteiger partial charge on any atom is 0.132 e. The minimum Gasteiger partial charge on any atom is -0.497 e. The third-order valence-corrected chi connectivity index (χ3v) is 2.48. The first-order chi connectivity index (χ1) is 8.11. The Morgan fingerprint density at radius 2 is 2.24 bits per heavy atom. The zero-order valence-corrected chi connectivity index (χ0v) is 9.59. The largest absolute Gasteiger partial charge is 0.497 e. The lowest BCUT2D eigenvalue weighted by Gasteiger charge is -2.10. The van der Waals surface area contributed by atoms with Crippen molar-refractivity contribution in [1.82, 2.24) is 15.0 Å². The molecule has 1 aromatic carbocycles. The minimum atomic E-state index is -0.630. The van der Waals surface area contributed by atoms with Crippen LogP contribution < -0.4 is 10.5 Å². The molecule has 1 aromatic heterocycles. The van der Waals surface area contributed by atoms with Gasteiger partial charge in [-0.1, -0.05) is 11.3 Å². The summed E-state index contributed by atoms with van der Waals surface area (Å²) in [5.74, 6) is 0.0418. The molecule has 0 spiro atoms. The summed E-state index contributed by atoms with van der Waals surface area (Å²) in [6.07, 6.45) is 1.66. The van der Waals surface area contributed by atoms with Crippen molar-refractivity contribution in [1.29, 1.82) is 0 Å². The summed E-state index contributed by atoms with van der Waals surface area (Å²) in [7, 11) is 3.21. The van der Waals surface area contributed by atoms with Crippen molar-refractivity contribution in [3.63, 3.8) is 0 Å². The summed E-state index contributed by atoms with van der Waals surface area (Å²) in [5.41, 5.74) is 6.82. The van der Waals surface area contributed by atoms with Crippen LogP contribution in [0.1, 0.15) is 17.3 Å². The average Bonchev–Trinajstić information content (AvgIpc) is 2.75. The normalized spacial score (nSPS) is 12.5. The van der Waals surface area contributed by atoms with Crippen molar-refractivity contribution in [3.05, 3.63) is 41.5 Å². The van der Waals surface area contributed by atoms with Gasteiger partial charge in [0.15, 0.2) is 0 Å². The number of benzene rings is 1. The van der Waals surface area contributed by atoms with Crippen molar-refractivity contribution in [2.24, 2.45) is 12.8 Å². The molecule has 0 saturated heterocycles. The van der Waals surface area contributed by atoms with E-state index in [-0.39, 0.29) is 0 Å². The molecular formula is C11H13FN4O. The smallest absolute Gasteiger partial charge is 0.132 e. The molecule has 6 heteroatoms. The first-order valence-electron chi connectivity index (χ1n) is 5.07. The number of aryl methyl sites for hydroxylation is 1. The number of nitrogens with two attached hydrogens (primary N) is 1. The van der Waals surface area contributed by atoms with Crippen LogP contribution in [0.3, 0.4) is 0 Å². The van der Waals surface area contributed by atoms with E-state index in [1.165, 1.54) is 17.9 Å². The Labute approximate surface area is 98.0 Å². The first kappa shape index (κ1) is 11.5. The number of rotatable bonds is 3. The van der Waals surface area contributed by atoms with E-state index in [0.29, 0.717) is 17.0 Å². The quantitative estimate of drug-likeness (QED) is 0.863. The third kappa shape index (κ3) is 2.26. The summed E-state index contributed by atoms with van der Waals surface area (Å²) in [5, 5.41) is 7.63. The van der Waals surface area contributed by atoms with E-state index in [1.54, 1.807) is 25.4 Å². The van der Waals surface area contributed by atoms with Crippen molar-refractivity contribution < 1.29 is 9.13 Å². The van der Waals surface area contributed by atoms with Gasteiger partial charge in [0.2, 0.25) is 0 Å². The number of aromatic nitrogens is 3. The highest BCUT2D eigenvalue weighted by atomic mass is 19.1. The first-order valence-corrected chi connectivity index (χ1v) is 5.07.